The molecular formula is C9H15NO2. The Hall–Kier alpha value is -0.570. The second kappa shape index (κ2) is 2.73. The summed E-state index contributed by atoms with van der Waals surface area (Å²) < 4.78 is 0. The zero-order valence-electron chi connectivity index (χ0n) is 7.18. The van der Waals surface area contributed by atoms with Gasteiger partial charge >= 0.3 is 5.97 Å². The Morgan fingerprint density at radius 1 is 1.50 bits per heavy atom. The van der Waals surface area contributed by atoms with Crippen molar-refractivity contribution in [2.24, 2.45) is 11.3 Å². The van der Waals surface area contributed by atoms with Crippen LogP contribution in [0.3, 0.4) is 0 Å². The number of nitrogens with one attached hydrogen (secondary N) is 1. The standard InChI is InChI=1S/C9H15NO2/c11-8(12)7-2-1-3-9(7)4-5-10-6-9/h7,10H,1-6H2,(H,11,12). The van der Waals surface area contributed by atoms with Crippen molar-refractivity contribution in [1.29, 1.82) is 0 Å². The van der Waals surface area contributed by atoms with E-state index in [4.69, 9.17) is 5.11 Å². The first-order valence-corrected chi connectivity index (χ1v) is 4.68. The molecule has 0 aromatic carbocycles. The summed E-state index contributed by atoms with van der Waals surface area (Å²) in [5.41, 5.74) is 0.117. The van der Waals surface area contributed by atoms with Crippen LogP contribution in [0.5, 0.6) is 0 Å². The van der Waals surface area contributed by atoms with Gasteiger partial charge in [-0.25, -0.2) is 0 Å². The van der Waals surface area contributed by atoms with Crippen LogP contribution in [0.1, 0.15) is 25.7 Å². The Labute approximate surface area is 72.2 Å². The summed E-state index contributed by atoms with van der Waals surface area (Å²) in [6, 6.07) is 0. The fraction of sp³-hybridized carbons (Fsp3) is 0.889. The maximum Gasteiger partial charge on any atom is 0.307 e. The van der Waals surface area contributed by atoms with Crippen molar-refractivity contribution in [1.82, 2.24) is 5.32 Å². The van der Waals surface area contributed by atoms with Gasteiger partial charge in [0.15, 0.2) is 0 Å². The van der Waals surface area contributed by atoms with Crippen molar-refractivity contribution >= 4 is 5.97 Å². The van der Waals surface area contributed by atoms with Crippen molar-refractivity contribution in [3.05, 3.63) is 0 Å². The molecule has 3 heteroatoms. The summed E-state index contributed by atoms with van der Waals surface area (Å²) >= 11 is 0. The summed E-state index contributed by atoms with van der Waals surface area (Å²) in [6.07, 6.45) is 4.15. The molecule has 2 N–H and O–H groups in total. The predicted octanol–water partition coefficient (Wildman–Crippen LogP) is 0.851. The van der Waals surface area contributed by atoms with Crippen molar-refractivity contribution < 1.29 is 9.90 Å². The number of carboxylic acid groups (broad SMARTS) is 1. The molecule has 0 aromatic heterocycles. The molecule has 0 amide bonds. The fourth-order valence-electron chi connectivity index (χ4n) is 2.80. The number of hydrogen-bond donors (Lipinski definition) is 2. The summed E-state index contributed by atoms with van der Waals surface area (Å²) in [5.74, 6) is -0.663. The Morgan fingerprint density at radius 2 is 2.33 bits per heavy atom. The highest BCUT2D eigenvalue weighted by atomic mass is 16.4. The topological polar surface area (TPSA) is 49.3 Å². The van der Waals surface area contributed by atoms with E-state index in [-0.39, 0.29) is 11.3 Å². The summed E-state index contributed by atoms with van der Waals surface area (Å²) in [5, 5.41) is 12.3. The molecule has 2 aliphatic rings. The third-order valence-corrected chi connectivity index (χ3v) is 3.48. The van der Waals surface area contributed by atoms with Gasteiger partial charge < -0.3 is 10.4 Å². The SMILES string of the molecule is O=C(O)C1CCCC12CCNC2. The van der Waals surface area contributed by atoms with Gasteiger partial charge in [-0.15, -0.1) is 0 Å². The normalized spacial score (nSPS) is 40.8. The van der Waals surface area contributed by atoms with E-state index < -0.39 is 5.97 Å². The van der Waals surface area contributed by atoms with Gasteiger partial charge in [0.25, 0.3) is 0 Å². The summed E-state index contributed by atoms with van der Waals surface area (Å²) in [4.78, 5) is 10.9. The first kappa shape index (κ1) is 8.05. The van der Waals surface area contributed by atoms with Crippen molar-refractivity contribution in [2.75, 3.05) is 13.1 Å². The number of aliphatic carboxylic acids is 1. The van der Waals surface area contributed by atoms with E-state index in [1.807, 2.05) is 0 Å². The lowest BCUT2D eigenvalue weighted by Crippen LogP contribution is -2.33. The minimum Gasteiger partial charge on any atom is -0.481 e. The number of carbonyl (C=O) groups is 1. The van der Waals surface area contributed by atoms with E-state index in [9.17, 15) is 4.79 Å². The number of hydrogen-bond acceptors (Lipinski definition) is 2. The molecular weight excluding hydrogens is 154 g/mol. The van der Waals surface area contributed by atoms with Crippen LogP contribution >= 0.6 is 0 Å². The molecule has 68 valence electrons. The van der Waals surface area contributed by atoms with Gasteiger partial charge in [-0.1, -0.05) is 6.42 Å². The Kier molecular flexibility index (Phi) is 1.83. The fourth-order valence-corrected chi connectivity index (χ4v) is 2.80. The molecule has 1 saturated carbocycles. The van der Waals surface area contributed by atoms with Crippen molar-refractivity contribution in [3.63, 3.8) is 0 Å². The maximum absolute atomic E-state index is 10.9. The predicted molar refractivity (Wildman–Crippen MR) is 44.9 cm³/mol. The van der Waals surface area contributed by atoms with Crippen LogP contribution in [0.2, 0.25) is 0 Å². The Morgan fingerprint density at radius 3 is 2.92 bits per heavy atom. The highest BCUT2D eigenvalue weighted by molar-refractivity contribution is 5.71. The zero-order valence-corrected chi connectivity index (χ0v) is 7.18. The van der Waals surface area contributed by atoms with Gasteiger partial charge in [-0.2, -0.15) is 0 Å². The minimum absolute atomic E-state index is 0.0764. The van der Waals surface area contributed by atoms with E-state index in [0.717, 1.165) is 38.8 Å². The smallest absolute Gasteiger partial charge is 0.307 e. The van der Waals surface area contributed by atoms with E-state index in [0.29, 0.717) is 0 Å². The van der Waals surface area contributed by atoms with Crippen LogP contribution in [-0.2, 0) is 4.79 Å². The van der Waals surface area contributed by atoms with Crippen LogP contribution in [0.4, 0.5) is 0 Å². The van der Waals surface area contributed by atoms with Crippen molar-refractivity contribution in [2.45, 2.75) is 25.7 Å². The highest BCUT2D eigenvalue weighted by Crippen LogP contribution is 2.47. The Bertz CT molecular complexity index is 191. The highest BCUT2D eigenvalue weighted by Gasteiger charge is 2.48. The first-order valence-electron chi connectivity index (χ1n) is 4.68. The number of rotatable bonds is 1. The van der Waals surface area contributed by atoms with E-state index in [1.54, 1.807) is 0 Å². The van der Waals surface area contributed by atoms with Crippen molar-refractivity contribution in [3.8, 4) is 0 Å². The van der Waals surface area contributed by atoms with Gasteiger partial charge in [0.05, 0.1) is 5.92 Å². The molecule has 0 aromatic rings. The van der Waals surface area contributed by atoms with Crippen LogP contribution in [0.25, 0.3) is 0 Å². The first-order chi connectivity index (χ1) is 5.75. The van der Waals surface area contributed by atoms with E-state index in [2.05, 4.69) is 5.32 Å². The molecule has 1 saturated heterocycles. The van der Waals surface area contributed by atoms with Crippen LogP contribution < -0.4 is 5.32 Å². The largest absolute Gasteiger partial charge is 0.481 e. The van der Waals surface area contributed by atoms with Gasteiger partial charge in [-0.3, -0.25) is 4.79 Å². The van der Waals surface area contributed by atoms with E-state index >= 15 is 0 Å². The maximum atomic E-state index is 10.9. The molecule has 2 unspecified atom stereocenters. The monoisotopic (exact) mass is 169 g/mol. The lowest BCUT2D eigenvalue weighted by molar-refractivity contribution is -0.145. The lowest BCUT2D eigenvalue weighted by atomic mass is 9.77. The average Bonchev–Trinajstić information content (AvgIpc) is 2.61. The Balaban J connectivity index is 2.17. The molecule has 2 atom stereocenters. The third-order valence-electron chi connectivity index (χ3n) is 3.48. The van der Waals surface area contributed by atoms with Gasteiger partial charge in [0, 0.05) is 6.54 Å². The average molecular weight is 169 g/mol. The van der Waals surface area contributed by atoms with Crippen LogP contribution in [-0.4, -0.2) is 24.2 Å². The number of carboxylic acids is 1. The van der Waals surface area contributed by atoms with Gasteiger partial charge in [-0.05, 0) is 31.2 Å². The third kappa shape index (κ3) is 1.04. The molecule has 12 heavy (non-hydrogen) atoms. The molecule has 3 nitrogen and oxygen atoms in total. The van der Waals surface area contributed by atoms with Gasteiger partial charge in [0.2, 0.25) is 0 Å². The second-order valence-electron chi connectivity index (χ2n) is 4.07. The molecule has 0 radical (unpaired) electrons. The van der Waals surface area contributed by atoms with Crippen LogP contribution in [0, 0.1) is 11.3 Å². The van der Waals surface area contributed by atoms with E-state index in [1.165, 1.54) is 0 Å². The second-order valence-corrected chi connectivity index (χ2v) is 4.07. The molecule has 2 fully saturated rings. The molecule has 1 aliphatic heterocycles. The summed E-state index contributed by atoms with van der Waals surface area (Å²) in [6.45, 7) is 1.92. The zero-order chi connectivity index (χ0) is 8.60. The molecule has 1 aliphatic carbocycles. The molecule has 1 spiro atoms. The minimum atomic E-state index is -0.587. The lowest BCUT2D eigenvalue weighted by Gasteiger charge is -2.26. The van der Waals surface area contributed by atoms with Crippen LogP contribution in [0.15, 0.2) is 0 Å². The van der Waals surface area contributed by atoms with Gasteiger partial charge in [0.1, 0.15) is 0 Å². The quantitative estimate of drug-likeness (QED) is 0.612. The molecule has 2 rings (SSSR count). The summed E-state index contributed by atoms with van der Waals surface area (Å²) in [7, 11) is 0. The molecule has 0 bridgehead atoms. The molecule has 1 heterocycles.